The van der Waals surface area contributed by atoms with Crippen LogP contribution < -0.4 is 10.1 Å². The zero-order valence-electron chi connectivity index (χ0n) is 12.5. The molecule has 1 N–H and O–H groups in total. The number of nitrogens with one attached hydrogen (secondary N) is 1. The molecule has 0 aliphatic carbocycles. The van der Waals surface area contributed by atoms with E-state index in [0.29, 0.717) is 6.04 Å². The van der Waals surface area contributed by atoms with Crippen LogP contribution in [0.1, 0.15) is 36.1 Å². The number of hydrogen-bond acceptors (Lipinski definition) is 3. The first-order valence-electron chi connectivity index (χ1n) is 7.75. The van der Waals surface area contributed by atoms with E-state index in [0.717, 1.165) is 38.2 Å². The predicted octanol–water partition coefficient (Wildman–Crippen LogP) is 3.30. The van der Waals surface area contributed by atoms with Crippen LogP contribution in [0.5, 0.6) is 5.75 Å². The maximum Gasteiger partial charge on any atom is 0.127 e. The summed E-state index contributed by atoms with van der Waals surface area (Å²) in [5, 5.41) is 3.66. The highest BCUT2D eigenvalue weighted by Crippen LogP contribution is 2.34. The minimum atomic E-state index is 0.292. The second-order valence-corrected chi connectivity index (χ2v) is 5.50. The molecule has 3 rings (SSSR count). The van der Waals surface area contributed by atoms with Crippen LogP contribution in [0.2, 0.25) is 0 Å². The van der Waals surface area contributed by atoms with Gasteiger partial charge in [0.2, 0.25) is 0 Å². The molecule has 3 nitrogen and oxygen atoms in total. The molecule has 0 saturated heterocycles. The summed E-state index contributed by atoms with van der Waals surface area (Å²) >= 11 is 0. The topological polar surface area (TPSA) is 34.2 Å². The van der Waals surface area contributed by atoms with Crippen molar-refractivity contribution in [3.05, 3.63) is 59.4 Å². The second-order valence-electron chi connectivity index (χ2n) is 5.50. The van der Waals surface area contributed by atoms with Crippen LogP contribution >= 0.6 is 0 Å². The largest absolute Gasteiger partial charge is 0.493 e. The van der Waals surface area contributed by atoms with E-state index in [2.05, 4.69) is 47.6 Å². The van der Waals surface area contributed by atoms with Gasteiger partial charge in [0.1, 0.15) is 5.75 Å². The molecular formula is C18H22N2O. The number of rotatable bonds is 6. The Morgan fingerprint density at radius 3 is 2.90 bits per heavy atom. The standard InChI is InChI=1S/C18H22N2O/c1-2-9-20-17(13-14-6-10-19-11-7-14)16-5-3-4-15-8-12-21-18(15)16/h3-7,10-11,17,20H,2,8-9,12-13H2,1H3. The number of nitrogens with zero attached hydrogens (tertiary/aromatic N) is 1. The summed E-state index contributed by atoms with van der Waals surface area (Å²) in [5.74, 6) is 1.10. The smallest absolute Gasteiger partial charge is 0.127 e. The molecule has 1 unspecified atom stereocenters. The normalized spacial score (nSPS) is 14.5. The van der Waals surface area contributed by atoms with Gasteiger partial charge in [0.25, 0.3) is 0 Å². The number of hydrogen-bond donors (Lipinski definition) is 1. The van der Waals surface area contributed by atoms with Crippen LogP contribution in [0, 0.1) is 0 Å². The molecule has 0 spiro atoms. The van der Waals surface area contributed by atoms with Crippen molar-refractivity contribution in [1.82, 2.24) is 10.3 Å². The van der Waals surface area contributed by atoms with E-state index in [-0.39, 0.29) is 0 Å². The SMILES string of the molecule is CCCNC(Cc1ccncc1)c1cccc2c1OCC2. The lowest BCUT2D eigenvalue weighted by Gasteiger charge is -2.21. The molecule has 1 aromatic carbocycles. The summed E-state index contributed by atoms with van der Waals surface area (Å²) in [6.07, 6.45) is 6.83. The van der Waals surface area contributed by atoms with Crippen LogP contribution in [0.3, 0.4) is 0 Å². The van der Waals surface area contributed by atoms with E-state index in [1.165, 1.54) is 16.7 Å². The lowest BCUT2D eigenvalue weighted by molar-refractivity contribution is 0.348. The van der Waals surface area contributed by atoms with Crippen molar-refractivity contribution >= 4 is 0 Å². The van der Waals surface area contributed by atoms with E-state index in [9.17, 15) is 0 Å². The first-order valence-corrected chi connectivity index (χ1v) is 7.75. The molecule has 0 bridgehead atoms. The Morgan fingerprint density at radius 1 is 1.24 bits per heavy atom. The lowest BCUT2D eigenvalue weighted by atomic mass is 9.96. The van der Waals surface area contributed by atoms with Gasteiger partial charge in [-0.15, -0.1) is 0 Å². The monoisotopic (exact) mass is 282 g/mol. The Bertz CT molecular complexity index is 583. The van der Waals surface area contributed by atoms with Gasteiger partial charge in [0.05, 0.1) is 6.61 Å². The van der Waals surface area contributed by atoms with Crippen LogP contribution in [0.25, 0.3) is 0 Å². The summed E-state index contributed by atoms with van der Waals surface area (Å²) in [5.41, 5.74) is 3.93. The third-order valence-electron chi connectivity index (χ3n) is 3.95. The van der Waals surface area contributed by atoms with Crippen LogP contribution in [-0.2, 0) is 12.8 Å². The summed E-state index contributed by atoms with van der Waals surface area (Å²) < 4.78 is 5.88. The van der Waals surface area contributed by atoms with Gasteiger partial charge in [0, 0.05) is 30.4 Å². The molecule has 2 heterocycles. The van der Waals surface area contributed by atoms with Gasteiger partial charge < -0.3 is 10.1 Å². The zero-order valence-corrected chi connectivity index (χ0v) is 12.5. The fraction of sp³-hybridized carbons (Fsp3) is 0.389. The van der Waals surface area contributed by atoms with Crippen LogP contribution in [0.4, 0.5) is 0 Å². The maximum absolute atomic E-state index is 5.88. The molecule has 21 heavy (non-hydrogen) atoms. The fourth-order valence-corrected chi connectivity index (χ4v) is 2.88. The van der Waals surface area contributed by atoms with Gasteiger partial charge in [-0.2, -0.15) is 0 Å². The Labute approximate surface area is 126 Å². The molecule has 1 aliphatic rings. The van der Waals surface area contributed by atoms with Crippen molar-refractivity contribution < 1.29 is 4.74 Å². The summed E-state index contributed by atoms with van der Waals surface area (Å²) in [6, 6.07) is 11.0. The molecule has 0 amide bonds. The molecular weight excluding hydrogens is 260 g/mol. The van der Waals surface area contributed by atoms with E-state index >= 15 is 0 Å². The highest BCUT2D eigenvalue weighted by atomic mass is 16.5. The Morgan fingerprint density at radius 2 is 2.10 bits per heavy atom. The molecule has 1 aromatic heterocycles. The number of fused-ring (bicyclic) bond motifs is 1. The second kappa shape index (κ2) is 6.72. The Balaban J connectivity index is 1.87. The highest BCUT2D eigenvalue weighted by Gasteiger charge is 2.21. The van der Waals surface area contributed by atoms with Crippen molar-refractivity contribution in [2.45, 2.75) is 32.2 Å². The highest BCUT2D eigenvalue weighted by molar-refractivity contribution is 5.46. The van der Waals surface area contributed by atoms with E-state index in [1.54, 1.807) is 0 Å². The van der Waals surface area contributed by atoms with Crippen molar-refractivity contribution in [3.63, 3.8) is 0 Å². The maximum atomic E-state index is 5.88. The van der Waals surface area contributed by atoms with Gasteiger partial charge in [0.15, 0.2) is 0 Å². The van der Waals surface area contributed by atoms with E-state index in [1.807, 2.05) is 12.4 Å². The number of aromatic nitrogens is 1. The fourth-order valence-electron chi connectivity index (χ4n) is 2.88. The van der Waals surface area contributed by atoms with Crippen molar-refractivity contribution in [2.75, 3.05) is 13.2 Å². The average molecular weight is 282 g/mol. The number of ether oxygens (including phenoxy) is 1. The first kappa shape index (κ1) is 14.1. The van der Waals surface area contributed by atoms with Crippen LogP contribution in [0.15, 0.2) is 42.7 Å². The first-order chi connectivity index (χ1) is 10.4. The lowest BCUT2D eigenvalue weighted by Crippen LogP contribution is -2.24. The summed E-state index contributed by atoms with van der Waals surface area (Å²) in [6.45, 7) is 4.02. The van der Waals surface area contributed by atoms with Crippen molar-refractivity contribution in [1.29, 1.82) is 0 Å². The molecule has 0 fully saturated rings. The van der Waals surface area contributed by atoms with E-state index in [4.69, 9.17) is 4.74 Å². The number of para-hydroxylation sites is 1. The van der Waals surface area contributed by atoms with Gasteiger partial charge in [-0.1, -0.05) is 25.1 Å². The van der Waals surface area contributed by atoms with Gasteiger partial charge in [-0.25, -0.2) is 0 Å². The molecule has 1 atom stereocenters. The number of benzene rings is 1. The quantitative estimate of drug-likeness (QED) is 0.882. The predicted molar refractivity (Wildman–Crippen MR) is 84.6 cm³/mol. The Hall–Kier alpha value is -1.87. The van der Waals surface area contributed by atoms with Gasteiger partial charge in [-0.3, -0.25) is 4.98 Å². The minimum Gasteiger partial charge on any atom is -0.493 e. The van der Waals surface area contributed by atoms with E-state index < -0.39 is 0 Å². The minimum absolute atomic E-state index is 0.292. The molecule has 0 saturated carbocycles. The van der Waals surface area contributed by atoms with Crippen molar-refractivity contribution in [2.24, 2.45) is 0 Å². The zero-order chi connectivity index (χ0) is 14.5. The summed E-state index contributed by atoms with van der Waals surface area (Å²) in [7, 11) is 0. The number of pyridine rings is 1. The molecule has 2 aromatic rings. The molecule has 3 heteroatoms. The molecule has 1 aliphatic heterocycles. The molecule has 110 valence electrons. The average Bonchev–Trinajstić information content (AvgIpc) is 3.01. The van der Waals surface area contributed by atoms with Gasteiger partial charge >= 0.3 is 0 Å². The molecule has 0 radical (unpaired) electrons. The Kier molecular flexibility index (Phi) is 4.51. The van der Waals surface area contributed by atoms with Gasteiger partial charge in [-0.05, 0) is 42.6 Å². The third-order valence-corrected chi connectivity index (χ3v) is 3.95. The van der Waals surface area contributed by atoms with Crippen molar-refractivity contribution in [3.8, 4) is 5.75 Å². The summed E-state index contributed by atoms with van der Waals surface area (Å²) in [4.78, 5) is 4.10. The third kappa shape index (κ3) is 3.24. The van der Waals surface area contributed by atoms with Crippen LogP contribution in [-0.4, -0.2) is 18.1 Å².